The molecule has 31 heavy (non-hydrogen) atoms. The van der Waals surface area contributed by atoms with Crippen LogP contribution in [0.25, 0.3) is 10.9 Å². The second-order valence-electron chi connectivity index (χ2n) is 6.57. The van der Waals surface area contributed by atoms with Gasteiger partial charge in [0.1, 0.15) is 11.6 Å². The van der Waals surface area contributed by atoms with Gasteiger partial charge in [-0.2, -0.15) is 10.1 Å². The molecule has 4 aromatic rings. The summed E-state index contributed by atoms with van der Waals surface area (Å²) >= 11 is 0. The predicted octanol–water partition coefficient (Wildman–Crippen LogP) is 4.03. The summed E-state index contributed by atoms with van der Waals surface area (Å²) in [6, 6.07) is 9.71. The third kappa shape index (κ3) is 3.87. The minimum Gasteiger partial charge on any atom is -0.493 e. The summed E-state index contributed by atoms with van der Waals surface area (Å²) < 4.78 is 29.8. The Hall–Kier alpha value is -4.08. The molecular formula is C21H21FN6O3. The molecule has 0 saturated carbocycles. The summed E-state index contributed by atoms with van der Waals surface area (Å²) in [7, 11) is 6.43. The molecule has 10 heteroatoms. The zero-order valence-electron chi connectivity index (χ0n) is 17.4. The summed E-state index contributed by atoms with van der Waals surface area (Å²) in [5, 5.41) is 11.0. The van der Waals surface area contributed by atoms with Gasteiger partial charge >= 0.3 is 0 Å². The zero-order valence-corrected chi connectivity index (χ0v) is 17.4. The largest absolute Gasteiger partial charge is 0.493 e. The number of fused-ring (bicyclic) bond motifs is 1. The van der Waals surface area contributed by atoms with Gasteiger partial charge in [-0.1, -0.05) is 0 Å². The van der Waals surface area contributed by atoms with E-state index in [9.17, 15) is 4.39 Å². The van der Waals surface area contributed by atoms with E-state index in [0.717, 1.165) is 5.52 Å². The number of hydrogen-bond donors (Lipinski definition) is 2. The maximum absolute atomic E-state index is 13.7. The van der Waals surface area contributed by atoms with Crippen LogP contribution in [0.1, 0.15) is 0 Å². The Kier molecular flexibility index (Phi) is 5.44. The van der Waals surface area contributed by atoms with E-state index in [1.807, 2.05) is 0 Å². The molecule has 9 nitrogen and oxygen atoms in total. The lowest BCUT2D eigenvalue weighted by Crippen LogP contribution is -2.13. The number of anilines is 4. The highest BCUT2D eigenvalue weighted by Gasteiger charge is 2.16. The molecule has 0 aliphatic heterocycles. The Morgan fingerprint density at radius 2 is 1.74 bits per heavy atom. The van der Waals surface area contributed by atoms with Gasteiger partial charge in [0, 0.05) is 36.5 Å². The fourth-order valence-corrected chi connectivity index (χ4v) is 3.22. The van der Waals surface area contributed by atoms with E-state index in [1.165, 1.54) is 12.1 Å². The van der Waals surface area contributed by atoms with E-state index in [-0.39, 0.29) is 5.82 Å². The van der Waals surface area contributed by atoms with Gasteiger partial charge in [-0.3, -0.25) is 5.10 Å². The molecule has 0 fully saturated rings. The topological polar surface area (TPSA) is 97.4 Å². The maximum Gasteiger partial charge on any atom is 0.229 e. The monoisotopic (exact) mass is 424 g/mol. The van der Waals surface area contributed by atoms with Gasteiger partial charge in [0.15, 0.2) is 17.3 Å². The van der Waals surface area contributed by atoms with Gasteiger partial charge in [0.2, 0.25) is 11.7 Å². The van der Waals surface area contributed by atoms with Crippen LogP contribution < -0.4 is 24.4 Å². The molecule has 0 amide bonds. The lowest BCUT2D eigenvalue weighted by molar-refractivity contribution is 0.324. The molecule has 2 aromatic carbocycles. The average molecular weight is 424 g/mol. The molecule has 160 valence electrons. The van der Waals surface area contributed by atoms with Crippen molar-refractivity contribution in [2.75, 3.05) is 38.6 Å². The second kappa shape index (κ2) is 8.34. The van der Waals surface area contributed by atoms with Gasteiger partial charge in [0.25, 0.3) is 0 Å². The minimum absolute atomic E-state index is 0.337. The maximum atomic E-state index is 13.7. The highest BCUT2D eigenvalue weighted by atomic mass is 19.1. The van der Waals surface area contributed by atoms with Crippen LogP contribution in [-0.4, -0.2) is 48.5 Å². The lowest BCUT2D eigenvalue weighted by atomic mass is 10.2. The molecule has 0 unspecified atom stereocenters. The Labute approximate surface area is 177 Å². The molecule has 0 bridgehead atoms. The van der Waals surface area contributed by atoms with E-state index >= 15 is 0 Å². The highest BCUT2D eigenvalue weighted by Crippen LogP contribution is 2.40. The van der Waals surface area contributed by atoms with Crippen molar-refractivity contribution in [3.63, 3.8) is 0 Å². The van der Waals surface area contributed by atoms with Crippen LogP contribution >= 0.6 is 0 Å². The van der Waals surface area contributed by atoms with E-state index < -0.39 is 0 Å². The van der Waals surface area contributed by atoms with Crippen LogP contribution in [0.5, 0.6) is 17.2 Å². The van der Waals surface area contributed by atoms with Crippen molar-refractivity contribution in [3.8, 4) is 17.2 Å². The summed E-state index contributed by atoms with van der Waals surface area (Å²) in [5.74, 6) is 2.63. The molecule has 0 aliphatic carbocycles. The van der Waals surface area contributed by atoms with Gasteiger partial charge < -0.3 is 24.4 Å². The number of aromatic amines is 1. The number of ether oxygens (including phenoxy) is 3. The first-order chi connectivity index (χ1) is 15.0. The Balaban J connectivity index is 1.65. The van der Waals surface area contributed by atoms with Crippen LogP contribution in [0.15, 0.2) is 42.6 Å². The molecule has 4 rings (SSSR count). The standard InChI is InChI=1S/C21H21FN6O3/c1-28(20-14-9-12(22)5-6-15(14)26-27-20)18-7-8-23-21(25-18)24-13-10-16(29-2)19(31-4)17(11-13)30-3/h5-11H,1-4H3,(H,26,27)(H,23,24,25). The van der Waals surface area contributed by atoms with Crippen molar-refractivity contribution in [2.45, 2.75) is 0 Å². The number of benzene rings is 2. The number of nitrogens with zero attached hydrogens (tertiary/aromatic N) is 4. The molecule has 0 radical (unpaired) electrons. The van der Waals surface area contributed by atoms with Gasteiger partial charge in [-0.05, 0) is 24.3 Å². The molecule has 0 saturated heterocycles. The number of rotatable bonds is 7. The second-order valence-corrected chi connectivity index (χ2v) is 6.57. The number of aromatic nitrogens is 4. The zero-order chi connectivity index (χ0) is 22.0. The average Bonchev–Trinajstić information content (AvgIpc) is 3.21. The van der Waals surface area contributed by atoms with E-state index in [1.54, 1.807) is 63.7 Å². The van der Waals surface area contributed by atoms with Crippen molar-refractivity contribution in [1.29, 1.82) is 0 Å². The molecule has 0 atom stereocenters. The third-order valence-corrected chi connectivity index (χ3v) is 4.73. The lowest BCUT2D eigenvalue weighted by Gasteiger charge is -2.17. The van der Waals surface area contributed by atoms with Gasteiger partial charge in [-0.25, -0.2) is 9.37 Å². The van der Waals surface area contributed by atoms with E-state index in [4.69, 9.17) is 14.2 Å². The summed E-state index contributed by atoms with van der Waals surface area (Å²) in [6.07, 6.45) is 1.62. The molecule has 2 aromatic heterocycles. The fourth-order valence-electron chi connectivity index (χ4n) is 3.22. The van der Waals surface area contributed by atoms with E-state index in [0.29, 0.717) is 45.9 Å². The fraction of sp³-hybridized carbons (Fsp3) is 0.190. The normalized spacial score (nSPS) is 10.7. The summed E-state index contributed by atoms with van der Waals surface area (Å²) in [6.45, 7) is 0. The van der Waals surface area contributed by atoms with Gasteiger partial charge in [-0.15, -0.1) is 0 Å². The Morgan fingerprint density at radius 1 is 1.00 bits per heavy atom. The molecule has 0 spiro atoms. The van der Waals surface area contributed by atoms with Crippen LogP contribution in [0.3, 0.4) is 0 Å². The first-order valence-electron chi connectivity index (χ1n) is 9.31. The Morgan fingerprint density at radius 3 is 2.42 bits per heavy atom. The predicted molar refractivity (Wildman–Crippen MR) is 116 cm³/mol. The van der Waals surface area contributed by atoms with E-state index in [2.05, 4.69) is 25.5 Å². The van der Waals surface area contributed by atoms with Crippen molar-refractivity contribution >= 4 is 34.2 Å². The number of nitrogens with one attached hydrogen (secondary N) is 2. The van der Waals surface area contributed by atoms with Crippen molar-refractivity contribution in [3.05, 3.63) is 48.4 Å². The molecule has 2 N–H and O–H groups in total. The van der Waals surface area contributed by atoms with Crippen LogP contribution in [0.2, 0.25) is 0 Å². The molecule has 2 heterocycles. The van der Waals surface area contributed by atoms with Crippen molar-refractivity contribution < 1.29 is 18.6 Å². The Bertz CT molecular complexity index is 1200. The smallest absolute Gasteiger partial charge is 0.229 e. The summed E-state index contributed by atoms with van der Waals surface area (Å²) in [5.41, 5.74) is 1.38. The number of hydrogen-bond acceptors (Lipinski definition) is 8. The number of methoxy groups -OCH3 is 3. The highest BCUT2D eigenvalue weighted by molar-refractivity contribution is 5.91. The minimum atomic E-state index is -0.337. The van der Waals surface area contributed by atoms with Crippen molar-refractivity contribution in [1.82, 2.24) is 20.2 Å². The summed E-state index contributed by atoms with van der Waals surface area (Å²) in [4.78, 5) is 10.6. The van der Waals surface area contributed by atoms with Gasteiger partial charge in [0.05, 0.1) is 26.8 Å². The van der Waals surface area contributed by atoms with Crippen LogP contribution in [0.4, 0.5) is 27.7 Å². The SMILES string of the molecule is COc1cc(Nc2nccc(N(C)c3n[nH]c4ccc(F)cc34)n2)cc(OC)c1OC. The quantitative estimate of drug-likeness (QED) is 0.459. The molecule has 0 aliphatic rings. The van der Waals surface area contributed by atoms with Crippen LogP contribution in [0, 0.1) is 5.82 Å². The van der Waals surface area contributed by atoms with Crippen molar-refractivity contribution in [2.24, 2.45) is 0 Å². The van der Waals surface area contributed by atoms with Crippen LogP contribution in [-0.2, 0) is 0 Å². The first kappa shape index (κ1) is 20.2. The first-order valence-corrected chi connectivity index (χ1v) is 9.31. The third-order valence-electron chi connectivity index (χ3n) is 4.73. The number of halogens is 1. The molecular weight excluding hydrogens is 403 g/mol. The number of H-pyrrole nitrogens is 1.